The molecule has 3 aromatic rings. The van der Waals surface area contributed by atoms with Crippen LogP contribution in [0, 0.1) is 11.3 Å². The highest BCUT2D eigenvalue weighted by Crippen LogP contribution is 2.35. The van der Waals surface area contributed by atoms with Gasteiger partial charge in [0, 0.05) is 39.3 Å². The van der Waals surface area contributed by atoms with Crippen LogP contribution in [0.2, 0.25) is 0 Å². The van der Waals surface area contributed by atoms with Crippen LogP contribution in [0.3, 0.4) is 0 Å². The van der Waals surface area contributed by atoms with Gasteiger partial charge < -0.3 is 34.3 Å². The Labute approximate surface area is 242 Å². The van der Waals surface area contributed by atoms with Gasteiger partial charge in [-0.1, -0.05) is 25.1 Å². The van der Waals surface area contributed by atoms with Crippen molar-refractivity contribution in [2.75, 3.05) is 51.4 Å². The number of aliphatic hydroxyl groups excluding tert-OH is 1. The fourth-order valence-electron chi connectivity index (χ4n) is 5.65. The van der Waals surface area contributed by atoms with E-state index in [0.29, 0.717) is 43.4 Å². The number of aryl methyl sites for hydroxylation is 1. The number of nitrogens with one attached hydrogen (secondary N) is 1. The second-order valence-electron chi connectivity index (χ2n) is 10.5. The normalized spacial score (nSPS) is 20.1. The van der Waals surface area contributed by atoms with Crippen molar-refractivity contribution < 1.29 is 24.1 Å². The quantitative estimate of drug-likeness (QED) is 0.325. The lowest BCUT2D eigenvalue weighted by atomic mass is 9.85. The van der Waals surface area contributed by atoms with Gasteiger partial charge in [-0.25, -0.2) is 0 Å². The molecule has 0 bridgehead atoms. The Morgan fingerprint density at radius 1 is 1.07 bits per heavy atom. The predicted molar refractivity (Wildman–Crippen MR) is 158 cm³/mol. The topological polar surface area (TPSA) is 96.2 Å². The molecule has 2 heterocycles. The average molecular weight is 558 g/mol. The third-order valence-corrected chi connectivity index (χ3v) is 7.82. The highest BCUT2D eigenvalue weighted by Gasteiger charge is 2.34. The van der Waals surface area contributed by atoms with E-state index in [1.54, 1.807) is 13.2 Å². The molecule has 0 saturated carbocycles. The van der Waals surface area contributed by atoms with Crippen LogP contribution in [0.4, 0.5) is 5.69 Å². The summed E-state index contributed by atoms with van der Waals surface area (Å²) in [6.45, 7) is 6.82. The van der Waals surface area contributed by atoms with Crippen molar-refractivity contribution in [1.29, 1.82) is 5.26 Å². The number of piperidine rings is 1. The van der Waals surface area contributed by atoms with Crippen LogP contribution in [-0.2, 0) is 22.5 Å². The fraction of sp³-hybridized carbons (Fsp3) is 0.424. The van der Waals surface area contributed by atoms with Gasteiger partial charge in [0.25, 0.3) is 0 Å². The van der Waals surface area contributed by atoms with Crippen molar-refractivity contribution >= 4 is 5.69 Å². The minimum absolute atomic E-state index is 0.168. The van der Waals surface area contributed by atoms with E-state index >= 15 is 0 Å². The first-order chi connectivity index (χ1) is 20.1. The summed E-state index contributed by atoms with van der Waals surface area (Å²) >= 11 is 0. The molecule has 0 amide bonds. The summed E-state index contributed by atoms with van der Waals surface area (Å²) in [5.74, 6) is 2.13. The SMILES string of the molecule is CCc1cc(Oc2ccc(C3C(O)CNCC3OCc3ccc4c(c3)N(CCCOC)CCO4)cc2)ccc1C#N. The number of hydrogen-bond donors (Lipinski definition) is 2. The van der Waals surface area contributed by atoms with Gasteiger partial charge in [0.1, 0.15) is 23.9 Å². The molecule has 3 atom stereocenters. The summed E-state index contributed by atoms with van der Waals surface area (Å²) in [6.07, 6.45) is 0.960. The summed E-state index contributed by atoms with van der Waals surface area (Å²) < 4.78 is 23.6. The number of fused-ring (bicyclic) bond motifs is 1. The number of methoxy groups -OCH3 is 1. The number of ether oxygens (including phenoxy) is 4. The number of hydrogen-bond acceptors (Lipinski definition) is 8. The molecule has 3 unspecified atom stereocenters. The van der Waals surface area contributed by atoms with Gasteiger partial charge in [-0.05, 0) is 72.0 Å². The van der Waals surface area contributed by atoms with Gasteiger partial charge in [-0.2, -0.15) is 5.26 Å². The molecule has 1 fully saturated rings. The second kappa shape index (κ2) is 13.8. The van der Waals surface area contributed by atoms with Gasteiger partial charge in [-0.15, -0.1) is 0 Å². The molecule has 0 aliphatic carbocycles. The maximum absolute atomic E-state index is 11.0. The maximum Gasteiger partial charge on any atom is 0.142 e. The van der Waals surface area contributed by atoms with Gasteiger partial charge in [0.05, 0.1) is 42.7 Å². The number of benzene rings is 3. The molecular formula is C33H39N3O5. The number of aliphatic hydroxyl groups is 1. The molecule has 0 spiro atoms. The van der Waals surface area contributed by atoms with Crippen molar-refractivity contribution in [2.24, 2.45) is 0 Å². The van der Waals surface area contributed by atoms with E-state index in [2.05, 4.69) is 28.4 Å². The molecular weight excluding hydrogens is 518 g/mol. The lowest BCUT2D eigenvalue weighted by Gasteiger charge is -2.36. The van der Waals surface area contributed by atoms with Crippen LogP contribution in [0.5, 0.6) is 17.2 Å². The third kappa shape index (κ3) is 7.00. The molecule has 5 rings (SSSR count). The molecule has 216 valence electrons. The standard InChI is InChI=1S/C33H39N3O5/c1-3-24-18-28(11-8-26(24)19-34)41-27-9-6-25(7-10-27)33-30(37)20-35-21-32(33)40-22-23-5-12-31-29(17-23)36(14-16-39-31)13-4-15-38-2/h5-12,17-18,30,32-33,35,37H,3-4,13-16,20-22H2,1-2H3. The molecule has 0 aromatic heterocycles. The average Bonchev–Trinajstić information content (AvgIpc) is 3.00. The molecule has 0 radical (unpaired) electrons. The Morgan fingerprint density at radius 3 is 2.68 bits per heavy atom. The Balaban J connectivity index is 1.25. The fourth-order valence-corrected chi connectivity index (χ4v) is 5.65. The minimum atomic E-state index is -0.570. The number of nitrogens with zero attached hydrogens (tertiary/aromatic N) is 2. The number of anilines is 1. The van der Waals surface area contributed by atoms with Crippen molar-refractivity contribution in [3.8, 4) is 23.3 Å². The summed E-state index contributed by atoms with van der Waals surface area (Å²) in [7, 11) is 1.73. The van der Waals surface area contributed by atoms with E-state index in [-0.39, 0.29) is 12.0 Å². The first kappa shape index (κ1) is 28.9. The largest absolute Gasteiger partial charge is 0.490 e. The maximum atomic E-state index is 11.0. The summed E-state index contributed by atoms with van der Waals surface area (Å²) in [4.78, 5) is 2.35. The first-order valence-electron chi connectivity index (χ1n) is 14.4. The zero-order valence-electron chi connectivity index (χ0n) is 23.8. The second-order valence-corrected chi connectivity index (χ2v) is 10.5. The summed E-state index contributed by atoms with van der Waals surface area (Å²) in [6, 6.07) is 21.8. The molecule has 3 aromatic carbocycles. The van der Waals surface area contributed by atoms with E-state index in [1.165, 1.54) is 0 Å². The lowest BCUT2D eigenvalue weighted by molar-refractivity contribution is -0.0328. The highest BCUT2D eigenvalue weighted by molar-refractivity contribution is 5.61. The van der Waals surface area contributed by atoms with Crippen LogP contribution in [-0.4, -0.2) is 63.8 Å². The van der Waals surface area contributed by atoms with Crippen LogP contribution in [0.1, 0.15) is 41.5 Å². The zero-order valence-corrected chi connectivity index (χ0v) is 23.8. The monoisotopic (exact) mass is 557 g/mol. The van der Waals surface area contributed by atoms with Crippen LogP contribution in [0.25, 0.3) is 0 Å². The number of rotatable bonds is 11. The smallest absolute Gasteiger partial charge is 0.142 e. The van der Waals surface area contributed by atoms with E-state index < -0.39 is 6.10 Å². The molecule has 41 heavy (non-hydrogen) atoms. The molecule has 2 N–H and O–H groups in total. The van der Waals surface area contributed by atoms with Gasteiger partial charge >= 0.3 is 0 Å². The van der Waals surface area contributed by atoms with Gasteiger partial charge in [0.2, 0.25) is 0 Å². The molecule has 8 heteroatoms. The Bertz CT molecular complexity index is 1340. The Hall–Kier alpha value is -3.61. The van der Waals surface area contributed by atoms with E-state index in [1.807, 2.05) is 49.4 Å². The van der Waals surface area contributed by atoms with Crippen molar-refractivity contribution in [2.45, 2.75) is 44.5 Å². The zero-order chi connectivity index (χ0) is 28.6. The number of β-amino-alcohol motifs (C(OH)–C–C–N with tert-alkyl or cyclic N) is 1. The third-order valence-electron chi connectivity index (χ3n) is 7.82. The van der Waals surface area contributed by atoms with Crippen molar-refractivity contribution in [3.63, 3.8) is 0 Å². The molecule has 8 nitrogen and oxygen atoms in total. The van der Waals surface area contributed by atoms with Gasteiger partial charge in [0.15, 0.2) is 0 Å². The van der Waals surface area contributed by atoms with Crippen molar-refractivity contribution in [1.82, 2.24) is 5.32 Å². The summed E-state index contributed by atoms with van der Waals surface area (Å²) in [5, 5.41) is 23.6. The first-order valence-corrected chi connectivity index (χ1v) is 14.4. The van der Waals surface area contributed by atoms with Crippen LogP contribution >= 0.6 is 0 Å². The summed E-state index contributed by atoms with van der Waals surface area (Å²) in [5.41, 5.74) is 4.81. The van der Waals surface area contributed by atoms with E-state index in [9.17, 15) is 10.4 Å². The lowest BCUT2D eigenvalue weighted by Crippen LogP contribution is -2.49. The Morgan fingerprint density at radius 2 is 1.90 bits per heavy atom. The minimum Gasteiger partial charge on any atom is -0.490 e. The van der Waals surface area contributed by atoms with E-state index in [4.69, 9.17) is 18.9 Å². The Kier molecular flexibility index (Phi) is 9.75. The molecule has 2 aliphatic rings. The van der Waals surface area contributed by atoms with E-state index in [0.717, 1.165) is 60.7 Å². The van der Waals surface area contributed by atoms with Gasteiger partial charge in [-0.3, -0.25) is 0 Å². The predicted octanol–water partition coefficient (Wildman–Crippen LogP) is 4.78. The highest BCUT2D eigenvalue weighted by atomic mass is 16.5. The van der Waals surface area contributed by atoms with Crippen LogP contribution in [0.15, 0.2) is 60.7 Å². The van der Waals surface area contributed by atoms with Crippen molar-refractivity contribution in [3.05, 3.63) is 82.9 Å². The van der Waals surface area contributed by atoms with Crippen LogP contribution < -0.4 is 19.7 Å². The molecule has 2 aliphatic heterocycles. The molecule has 1 saturated heterocycles. The number of nitriles is 1.